The van der Waals surface area contributed by atoms with E-state index in [0.29, 0.717) is 207 Å². The van der Waals surface area contributed by atoms with E-state index in [-0.39, 0.29) is 80.0 Å². The van der Waals surface area contributed by atoms with E-state index >= 15 is 0 Å². The predicted octanol–water partition coefficient (Wildman–Crippen LogP) is 9.20. The Labute approximate surface area is 716 Å². The third-order valence-corrected chi connectivity index (χ3v) is 23.5. The number of methoxy groups -OCH3 is 4. The standard InChI is InChI=1S/C88H135N13O21/c1-57-21-13-12-14-22-58(2)72(109-8)52-67-27-24-63(7)88(108,122-67)82(105)85(106)100-32-17-15-23-69(100)86(107)120-74(60(4)49-64-25-28-70(102)75(50-64)111-10)53-73(110-9)59(3)48-62(6)80(104)81(112-11)78(61(5)47-57)97-119-55-66-54-99(98-95-66)34-38-115-40-42-117-44-46-118-45-43-116-41-39-114-36-20-19-35-113-37-30-76(103)91-31-16-18-33-101-84-77(83(89)92-56-93-84)79(96-101)65-26-29-71-68(51-65)94-87(90)121-71/h12-14,21-22,26,29,48,51,54,56-57,59-61,63-64,67,69-70,72-75,80-81,102,104,108H,15-20,23-25,27-28,30-47,49-50,52-53,55H2,1-11H3,(H2,90,94)(H,91,103)(H2,89,92,93)/b14-12+,21-13+,58-22+,62-48+,97-78+/t57-,59-,60-,61-,63-,64+,67+,69+,70-,72+,73-,74+,75-,80-,81+,88-/m1/s1. The number of unbranched alkanes of at least 4 members (excludes halogenated alkanes) is 2. The van der Waals surface area contributed by atoms with Gasteiger partial charge in [-0.1, -0.05) is 81.4 Å². The number of nitrogens with zero attached hydrogens (tertiary/aromatic N) is 10. The first kappa shape index (κ1) is 97.7. The van der Waals surface area contributed by atoms with E-state index in [1.54, 1.807) is 45.2 Å². The van der Waals surface area contributed by atoms with E-state index in [9.17, 15) is 34.5 Å². The van der Waals surface area contributed by atoms with Gasteiger partial charge in [0.2, 0.25) is 11.7 Å². The smallest absolute Gasteiger partial charge is 0.329 e. The highest BCUT2D eigenvalue weighted by Crippen LogP contribution is 2.40. The number of oxime groups is 1. The van der Waals surface area contributed by atoms with Crippen molar-refractivity contribution >= 4 is 63.2 Å². The number of fused-ring (bicyclic) bond motifs is 5. The number of rotatable bonds is 39. The van der Waals surface area contributed by atoms with Gasteiger partial charge in [0, 0.05) is 104 Å². The van der Waals surface area contributed by atoms with Crippen LogP contribution >= 0.6 is 0 Å². The van der Waals surface area contributed by atoms with Crippen LogP contribution < -0.4 is 16.8 Å². The van der Waals surface area contributed by atoms with Gasteiger partial charge in [-0.3, -0.25) is 14.4 Å². The van der Waals surface area contributed by atoms with Gasteiger partial charge in [-0.2, -0.15) is 10.1 Å². The zero-order chi connectivity index (χ0) is 87.5. The van der Waals surface area contributed by atoms with Gasteiger partial charge in [0.1, 0.15) is 53.4 Å². The van der Waals surface area contributed by atoms with Crippen LogP contribution in [0.3, 0.4) is 0 Å². The van der Waals surface area contributed by atoms with Crippen LogP contribution in [0, 0.1) is 35.5 Å². The lowest BCUT2D eigenvalue weighted by molar-refractivity contribution is -0.265. The SMILES string of the molecule is CO[C@H]1C[C@@H]2CC[C@@H](C)[C@@](O)(O2)C(=O)C(=O)N2CCCC[C@H]2C(=O)O[C@H]([C@H](C)C[C@@H]2CC[C@@H](O)[C@H](OC)C2)C[C@@H](OC)[C@H](C)/C=C(\C)[C@@H](O)[C@@H](OC)/C(=N/OCc2cn(CCOCCOCCOCCOCCOCCCCOCCC(=O)NCCCCn3nc(-c4ccc5oc(N)nc5c4)c4c(N)ncnc43)nn2)[C@H](C)C[C@H](C)/C=C/C=C/C=C/1C. The molecule has 7 heterocycles. The van der Waals surface area contributed by atoms with E-state index < -0.39 is 78.1 Å². The van der Waals surface area contributed by atoms with Crippen LogP contribution in [-0.4, -0.2) is 271 Å². The quantitative estimate of drug-likeness (QED) is 0.00701. The van der Waals surface area contributed by atoms with Crippen LogP contribution in [0.25, 0.3) is 33.4 Å². The monoisotopic (exact) mass is 1710 g/mol. The van der Waals surface area contributed by atoms with Crippen LogP contribution in [0.2, 0.25) is 0 Å². The molecule has 1 aliphatic carbocycles. The largest absolute Gasteiger partial charge is 0.460 e. The number of aromatic nitrogens is 8. The van der Waals surface area contributed by atoms with Gasteiger partial charge < -0.3 is 103 Å². The van der Waals surface area contributed by atoms with E-state index in [2.05, 4.69) is 43.6 Å². The summed E-state index contributed by atoms with van der Waals surface area (Å²) in [6.45, 7) is 20.4. The van der Waals surface area contributed by atoms with Crippen molar-refractivity contribution in [2.24, 2.45) is 40.7 Å². The second-order valence-corrected chi connectivity index (χ2v) is 32.8. The Hall–Kier alpha value is -8.07. The first-order valence-corrected chi connectivity index (χ1v) is 43.5. The molecule has 0 unspecified atom stereocenters. The van der Waals surface area contributed by atoms with E-state index in [4.69, 9.17) is 87.8 Å². The number of amides is 2. The molecule has 16 atom stereocenters. The number of hydrogen-bond acceptors (Lipinski definition) is 30. The number of nitrogens with one attached hydrogen (secondary N) is 1. The lowest BCUT2D eigenvalue weighted by Crippen LogP contribution is -2.61. The summed E-state index contributed by atoms with van der Waals surface area (Å²) in [6.07, 6.45) is 19.0. The number of anilines is 2. The molecule has 122 heavy (non-hydrogen) atoms. The highest BCUT2D eigenvalue weighted by molar-refractivity contribution is 6.39. The molecule has 4 aliphatic rings. The number of esters is 1. The number of nitrogens with two attached hydrogens (primary N) is 2. The maximum atomic E-state index is 14.9. The second-order valence-electron chi connectivity index (χ2n) is 32.8. The molecule has 3 fully saturated rings. The molecule has 3 aliphatic heterocycles. The maximum Gasteiger partial charge on any atom is 0.329 e. The fraction of sp³-hybridized carbons (Fsp3) is 0.693. The minimum Gasteiger partial charge on any atom is -0.460 e. The molecular formula is C88H135N13O21. The van der Waals surface area contributed by atoms with Crippen molar-refractivity contribution in [3.63, 3.8) is 0 Å². The van der Waals surface area contributed by atoms with E-state index in [0.717, 1.165) is 43.2 Å². The number of nitrogen functional groups attached to an aromatic ring is 2. The number of allylic oxidation sites excluding steroid dienone is 5. The highest BCUT2D eigenvalue weighted by atomic mass is 16.6. The molecule has 4 aromatic heterocycles. The number of aryl methyl sites for hydroxylation is 1. The zero-order valence-corrected chi connectivity index (χ0v) is 73.4. The molecule has 34 heteroatoms. The summed E-state index contributed by atoms with van der Waals surface area (Å²) >= 11 is 0. The molecule has 5 aromatic rings. The normalized spacial score (nSPS) is 28.0. The summed E-state index contributed by atoms with van der Waals surface area (Å²) in [5.74, 6) is -6.35. The van der Waals surface area contributed by atoms with Crippen LogP contribution in [0.1, 0.15) is 163 Å². The van der Waals surface area contributed by atoms with Gasteiger partial charge in [-0.05, 0) is 151 Å². The Morgan fingerprint density at radius 3 is 2.18 bits per heavy atom. The molecule has 8 N–H and O–H groups in total. The Morgan fingerprint density at radius 1 is 0.754 bits per heavy atom. The number of carbonyl (C=O) groups excluding carboxylic acids is 4. The van der Waals surface area contributed by atoms with Gasteiger partial charge >= 0.3 is 5.97 Å². The van der Waals surface area contributed by atoms with Gasteiger partial charge in [-0.15, -0.1) is 5.10 Å². The number of ether oxygens (including phenoxy) is 12. The first-order valence-electron chi connectivity index (χ1n) is 43.5. The Morgan fingerprint density at radius 2 is 1.47 bits per heavy atom. The fourth-order valence-electron chi connectivity index (χ4n) is 16.4. The van der Waals surface area contributed by atoms with E-state index in [1.807, 2.05) is 81.8 Å². The number of piperidine rings is 1. The molecule has 2 saturated heterocycles. The predicted molar refractivity (Wildman–Crippen MR) is 456 cm³/mol. The summed E-state index contributed by atoms with van der Waals surface area (Å²) in [7, 11) is 6.32. The van der Waals surface area contributed by atoms with Crippen molar-refractivity contribution in [1.82, 2.24) is 49.9 Å². The second kappa shape index (κ2) is 50.8. The number of Topliss-reactive ketones (excluding diaryl/α,β-unsaturated/α-hetero) is 1. The third kappa shape index (κ3) is 29.3. The number of aliphatic hydroxyl groups excluding tert-OH is 2. The van der Waals surface area contributed by atoms with Gasteiger partial charge in [0.25, 0.3) is 17.7 Å². The lowest BCUT2D eigenvalue weighted by Gasteiger charge is -2.43. The van der Waals surface area contributed by atoms with Crippen LogP contribution in [0.15, 0.2) is 87.9 Å². The summed E-state index contributed by atoms with van der Waals surface area (Å²) in [4.78, 5) is 76.7. The van der Waals surface area contributed by atoms with Crippen molar-refractivity contribution in [3.8, 4) is 11.3 Å². The molecule has 9 rings (SSSR count). The number of ketones is 1. The molecular weight excluding hydrogens is 1580 g/mol. The number of benzene rings is 1. The van der Waals surface area contributed by atoms with E-state index in [1.165, 1.54) is 18.3 Å². The van der Waals surface area contributed by atoms with Crippen molar-refractivity contribution in [1.29, 1.82) is 0 Å². The number of oxazole rings is 1. The van der Waals surface area contributed by atoms with Crippen LogP contribution in [0.5, 0.6) is 0 Å². The molecule has 34 nitrogen and oxygen atoms in total. The number of cyclic esters (lactones) is 1. The van der Waals surface area contributed by atoms with Crippen LogP contribution in [-0.2, 0) is 101 Å². The van der Waals surface area contributed by atoms with Crippen molar-refractivity contribution in [2.45, 2.75) is 238 Å². The molecule has 678 valence electrons. The van der Waals surface area contributed by atoms with Crippen molar-refractivity contribution in [2.75, 3.05) is 132 Å². The Balaban J connectivity index is 0.675. The minimum atomic E-state index is -2.44. The van der Waals surface area contributed by atoms with Crippen molar-refractivity contribution in [3.05, 3.63) is 84.0 Å². The number of carbonyl (C=O) groups is 4. The maximum absolute atomic E-state index is 14.9. The molecule has 1 saturated carbocycles. The zero-order valence-electron chi connectivity index (χ0n) is 73.4. The minimum absolute atomic E-state index is 0.0230. The third-order valence-electron chi connectivity index (χ3n) is 23.5. The summed E-state index contributed by atoms with van der Waals surface area (Å²) in [5, 5.41) is 57.1. The summed E-state index contributed by atoms with van der Waals surface area (Å²) in [5.41, 5.74) is 17.7. The van der Waals surface area contributed by atoms with Gasteiger partial charge in [0.15, 0.2) is 17.8 Å². The summed E-state index contributed by atoms with van der Waals surface area (Å²) < 4.78 is 80.1. The highest BCUT2D eigenvalue weighted by Gasteiger charge is 2.53. The molecule has 2 amide bonds. The Bertz CT molecular complexity index is 4190. The first-order chi connectivity index (χ1) is 58.9. The lowest BCUT2D eigenvalue weighted by atomic mass is 9.78. The van der Waals surface area contributed by atoms with Gasteiger partial charge in [-0.25, -0.2) is 24.1 Å². The molecule has 0 radical (unpaired) electrons. The van der Waals surface area contributed by atoms with Gasteiger partial charge in [0.05, 0.1) is 120 Å². The van der Waals surface area contributed by atoms with Crippen LogP contribution in [0.4, 0.5) is 11.8 Å². The number of aliphatic hydroxyl groups is 3. The fourth-order valence-corrected chi connectivity index (χ4v) is 16.4. The molecule has 1 aromatic carbocycles. The average molecular weight is 1710 g/mol. The average Bonchev–Trinajstić information content (AvgIpc) is 1.60. The summed E-state index contributed by atoms with van der Waals surface area (Å²) in [6, 6.07) is 4.48. The Kier molecular flexibility index (Phi) is 40.7. The van der Waals surface area contributed by atoms with Crippen molar-refractivity contribution < 1.29 is 101 Å². The molecule has 0 spiro atoms. The number of hydrogen-bond donors (Lipinski definition) is 6. The topological polar surface area (TPSA) is 429 Å². The molecule has 2 bridgehead atoms.